The lowest BCUT2D eigenvalue weighted by Gasteiger charge is -2.10. The second kappa shape index (κ2) is 12.9. The first-order valence-electron chi connectivity index (χ1n) is 10.3. The van der Waals surface area contributed by atoms with Crippen LogP contribution in [0.25, 0.3) is 0 Å². The highest BCUT2D eigenvalue weighted by atomic mass is 35.5. The predicted octanol–water partition coefficient (Wildman–Crippen LogP) is 5.65. The maximum absolute atomic E-state index is 12.3. The number of carbonyl (C=O) groups excluding carboxylic acids is 1. The summed E-state index contributed by atoms with van der Waals surface area (Å²) in [5.41, 5.74) is 0.536. The highest BCUT2D eigenvalue weighted by Crippen LogP contribution is 2.27. The fourth-order valence-electron chi connectivity index (χ4n) is 2.79. The van der Waals surface area contributed by atoms with Gasteiger partial charge in [0.1, 0.15) is 5.75 Å². The van der Waals surface area contributed by atoms with E-state index in [-0.39, 0.29) is 17.2 Å². The van der Waals surface area contributed by atoms with E-state index in [2.05, 4.69) is 17.0 Å². The van der Waals surface area contributed by atoms with Crippen molar-refractivity contribution in [3.63, 3.8) is 0 Å². The third-order valence-corrected chi connectivity index (χ3v) is 6.48. The van der Waals surface area contributed by atoms with Gasteiger partial charge in [0.05, 0.1) is 16.5 Å². The molecule has 0 aliphatic heterocycles. The molecule has 9 heteroatoms. The number of benzene rings is 2. The Kier molecular flexibility index (Phi) is 10.6. The minimum absolute atomic E-state index is 0.175. The smallest absolute Gasteiger partial charge is 0.240 e. The quantitative estimate of drug-likeness (QED) is 0.358. The molecule has 0 spiro atoms. The SMILES string of the molecule is CCCCCCNS(=O)(=O)c1ccc(NC(=O)CCCOc2ccc(Cl)cc2Cl)cc1. The summed E-state index contributed by atoms with van der Waals surface area (Å²) in [6, 6.07) is 11.1. The van der Waals surface area contributed by atoms with E-state index >= 15 is 0 Å². The lowest BCUT2D eigenvalue weighted by molar-refractivity contribution is -0.116. The Balaban J connectivity index is 1.74. The molecule has 2 rings (SSSR count). The van der Waals surface area contributed by atoms with Gasteiger partial charge in [-0.15, -0.1) is 0 Å². The number of halogens is 2. The Labute approximate surface area is 194 Å². The van der Waals surface area contributed by atoms with Crippen molar-refractivity contribution in [1.29, 1.82) is 0 Å². The van der Waals surface area contributed by atoms with Crippen LogP contribution in [-0.2, 0) is 14.8 Å². The third-order valence-electron chi connectivity index (χ3n) is 4.47. The third kappa shape index (κ3) is 9.07. The van der Waals surface area contributed by atoms with Crippen LogP contribution in [0.4, 0.5) is 5.69 Å². The van der Waals surface area contributed by atoms with Gasteiger partial charge < -0.3 is 10.1 Å². The molecule has 0 radical (unpaired) electrons. The van der Waals surface area contributed by atoms with Crippen LogP contribution in [0.5, 0.6) is 5.75 Å². The van der Waals surface area contributed by atoms with Gasteiger partial charge in [-0.25, -0.2) is 13.1 Å². The second-order valence-electron chi connectivity index (χ2n) is 7.06. The van der Waals surface area contributed by atoms with Crippen LogP contribution >= 0.6 is 23.2 Å². The molecule has 0 aliphatic carbocycles. The van der Waals surface area contributed by atoms with Crippen LogP contribution in [-0.4, -0.2) is 27.5 Å². The van der Waals surface area contributed by atoms with E-state index in [0.717, 1.165) is 25.7 Å². The molecule has 2 aromatic carbocycles. The summed E-state index contributed by atoms with van der Waals surface area (Å²) in [4.78, 5) is 12.3. The molecule has 31 heavy (non-hydrogen) atoms. The molecule has 2 aromatic rings. The number of carbonyl (C=O) groups is 1. The molecule has 0 heterocycles. The van der Waals surface area contributed by atoms with Crippen molar-refractivity contribution in [3.8, 4) is 5.75 Å². The van der Waals surface area contributed by atoms with E-state index < -0.39 is 10.0 Å². The number of unbranched alkanes of at least 4 members (excludes halogenated alkanes) is 3. The molecule has 0 aliphatic rings. The Hall–Kier alpha value is -1.80. The number of ether oxygens (including phenoxy) is 1. The lowest BCUT2D eigenvalue weighted by atomic mass is 10.2. The lowest BCUT2D eigenvalue weighted by Crippen LogP contribution is -2.24. The zero-order valence-electron chi connectivity index (χ0n) is 17.5. The first kappa shape index (κ1) is 25.5. The van der Waals surface area contributed by atoms with Crippen molar-refractivity contribution in [2.75, 3.05) is 18.5 Å². The van der Waals surface area contributed by atoms with Crippen molar-refractivity contribution in [3.05, 3.63) is 52.5 Å². The second-order valence-corrected chi connectivity index (χ2v) is 9.67. The van der Waals surface area contributed by atoms with Crippen molar-refractivity contribution < 1.29 is 17.9 Å². The van der Waals surface area contributed by atoms with Crippen LogP contribution < -0.4 is 14.8 Å². The zero-order chi connectivity index (χ0) is 22.7. The Morgan fingerprint density at radius 2 is 1.74 bits per heavy atom. The number of nitrogens with one attached hydrogen (secondary N) is 2. The molecule has 0 saturated carbocycles. The average molecular weight is 487 g/mol. The fraction of sp³-hybridized carbons (Fsp3) is 0.409. The van der Waals surface area contributed by atoms with Crippen molar-refractivity contribution in [1.82, 2.24) is 4.72 Å². The summed E-state index contributed by atoms with van der Waals surface area (Å²) >= 11 is 11.9. The monoisotopic (exact) mass is 486 g/mol. The number of hydrogen-bond acceptors (Lipinski definition) is 4. The van der Waals surface area contributed by atoms with Crippen LogP contribution in [0.2, 0.25) is 10.0 Å². The number of hydrogen-bond donors (Lipinski definition) is 2. The van der Waals surface area contributed by atoms with Gasteiger partial charge >= 0.3 is 0 Å². The standard InChI is InChI=1S/C22H28Cl2N2O4S/c1-2-3-4-5-14-25-31(28,29)19-11-9-18(10-12-19)26-22(27)7-6-15-30-21-13-8-17(23)16-20(21)24/h8-13,16,25H,2-7,14-15H2,1H3,(H,26,27). The molecule has 0 aromatic heterocycles. The zero-order valence-corrected chi connectivity index (χ0v) is 19.8. The summed E-state index contributed by atoms with van der Waals surface area (Å²) in [7, 11) is -3.54. The molecule has 0 unspecified atom stereocenters. The van der Waals surface area contributed by atoms with Gasteiger partial charge in [-0.2, -0.15) is 0 Å². The molecule has 2 N–H and O–H groups in total. The van der Waals surface area contributed by atoms with Gasteiger partial charge in [0.15, 0.2) is 0 Å². The number of sulfonamides is 1. The molecule has 1 amide bonds. The molecule has 6 nitrogen and oxygen atoms in total. The first-order valence-corrected chi connectivity index (χ1v) is 12.5. The van der Waals surface area contributed by atoms with Gasteiger partial charge in [0.25, 0.3) is 0 Å². The van der Waals surface area contributed by atoms with Crippen LogP contribution in [0.1, 0.15) is 45.4 Å². The molecule has 170 valence electrons. The van der Waals surface area contributed by atoms with Gasteiger partial charge in [-0.1, -0.05) is 49.4 Å². The largest absolute Gasteiger partial charge is 0.492 e. The maximum atomic E-state index is 12.3. The Bertz CT molecular complexity index is 950. The summed E-state index contributed by atoms with van der Waals surface area (Å²) < 4.78 is 32.8. The van der Waals surface area contributed by atoms with Gasteiger partial charge in [0.2, 0.25) is 15.9 Å². The summed E-state index contributed by atoms with van der Waals surface area (Å²) in [6.45, 7) is 2.86. The maximum Gasteiger partial charge on any atom is 0.240 e. The van der Waals surface area contributed by atoms with Crippen LogP contribution in [0.3, 0.4) is 0 Å². The number of rotatable bonds is 13. The summed E-state index contributed by atoms with van der Waals surface area (Å²) in [5, 5.41) is 3.70. The van der Waals surface area contributed by atoms with Gasteiger partial charge in [0, 0.05) is 23.7 Å². The fourth-order valence-corrected chi connectivity index (χ4v) is 4.33. The molecular formula is C22H28Cl2N2O4S. The normalized spacial score (nSPS) is 11.3. The molecular weight excluding hydrogens is 459 g/mol. The minimum Gasteiger partial charge on any atom is -0.492 e. The van der Waals surface area contributed by atoms with Crippen molar-refractivity contribution in [2.24, 2.45) is 0 Å². The van der Waals surface area contributed by atoms with E-state index in [1.807, 2.05) is 0 Å². The van der Waals surface area contributed by atoms with Gasteiger partial charge in [-0.05, 0) is 55.3 Å². The average Bonchev–Trinajstić information content (AvgIpc) is 2.72. The van der Waals surface area contributed by atoms with E-state index in [0.29, 0.717) is 41.1 Å². The molecule has 0 atom stereocenters. The molecule has 0 saturated heterocycles. The van der Waals surface area contributed by atoms with Crippen molar-refractivity contribution in [2.45, 2.75) is 50.3 Å². The molecule has 0 bridgehead atoms. The number of amides is 1. The summed E-state index contributed by atoms with van der Waals surface area (Å²) in [6.07, 6.45) is 4.77. The highest BCUT2D eigenvalue weighted by Gasteiger charge is 2.13. The predicted molar refractivity (Wildman–Crippen MR) is 126 cm³/mol. The van der Waals surface area contributed by atoms with Crippen LogP contribution in [0, 0.1) is 0 Å². The van der Waals surface area contributed by atoms with E-state index in [9.17, 15) is 13.2 Å². The number of anilines is 1. The molecule has 0 fully saturated rings. The highest BCUT2D eigenvalue weighted by molar-refractivity contribution is 7.89. The van der Waals surface area contributed by atoms with E-state index in [1.165, 1.54) is 12.1 Å². The van der Waals surface area contributed by atoms with E-state index in [1.54, 1.807) is 30.3 Å². The van der Waals surface area contributed by atoms with Crippen LogP contribution in [0.15, 0.2) is 47.4 Å². The van der Waals surface area contributed by atoms with E-state index in [4.69, 9.17) is 27.9 Å². The Morgan fingerprint density at radius 1 is 1.00 bits per heavy atom. The topological polar surface area (TPSA) is 84.5 Å². The first-order chi connectivity index (χ1) is 14.8. The van der Waals surface area contributed by atoms with Gasteiger partial charge in [-0.3, -0.25) is 4.79 Å². The van der Waals surface area contributed by atoms with Crippen molar-refractivity contribution >= 4 is 44.8 Å². The minimum atomic E-state index is -3.54. The Morgan fingerprint density at radius 3 is 2.42 bits per heavy atom. The summed E-state index contributed by atoms with van der Waals surface area (Å²) in [5.74, 6) is 0.331.